The zero-order valence-corrected chi connectivity index (χ0v) is 17.3. The smallest absolute Gasteiger partial charge is 0.260 e. The third kappa shape index (κ3) is 4.54. The van der Waals surface area contributed by atoms with Gasteiger partial charge in [0.15, 0.2) is 5.13 Å². The Kier molecular flexibility index (Phi) is 6.24. The molecule has 0 spiro atoms. The Morgan fingerprint density at radius 2 is 1.63 bits per heavy atom. The van der Waals surface area contributed by atoms with Crippen molar-refractivity contribution >= 4 is 32.6 Å². The summed E-state index contributed by atoms with van der Waals surface area (Å²) in [5.41, 5.74) is 4.01. The zero-order valence-electron chi connectivity index (χ0n) is 16.5. The van der Waals surface area contributed by atoms with Gasteiger partial charge >= 0.3 is 0 Å². The van der Waals surface area contributed by atoms with Crippen LogP contribution < -0.4 is 4.90 Å². The van der Waals surface area contributed by atoms with Gasteiger partial charge in [-0.25, -0.2) is 4.98 Å². The Labute approximate surface area is 165 Å². The summed E-state index contributed by atoms with van der Waals surface area (Å²) in [5.74, 6) is 0.0120. The highest BCUT2D eigenvalue weighted by atomic mass is 32.1. The van der Waals surface area contributed by atoms with E-state index in [0.29, 0.717) is 12.1 Å². The second-order valence-electron chi connectivity index (χ2n) is 6.82. The predicted molar refractivity (Wildman–Crippen MR) is 115 cm³/mol. The fourth-order valence-electron chi connectivity index (χ4n) is 3.05. The fraction of sp³-hybridized carbons (Fsp3) is 0.364. The molecular weight excluding hydrogens is 354 g/mol. The number of thiazole rings is 1. The number of benzene rings is 2. The summed E-state index contributed by atoms with van der Waals surface area (Å²) >= 11 is 1.59. The van der Waals surface area contributed by atoms with Crippen LogP contribution in [0.4, 0.5) is 5.13 Å². The van der Waals surface area contributed by atoms with Crippen molar-refractivity contribution < 1.29 is 4.79 Å². The van der Waals surface area contributed by atoms with Gasteiger partial charge in [0, 0.05) is 18.7 Å². The number of hydrogen-bond acceptors (Lipinski definition) is 4. The molecule has 3 rings (SSSR count). The van der Waals surface area contributed by atoms with Crippen LogP contribution in [0.15, 0.2) is 42.5 Å². The largest absolute Gasteiger partial charge is 0.302 e. The fourth-order valence-corrected chi connectivity index (χ4v) is 4.14. The van der Waals surface area contributed by atoms with E-state index in [1.54, 1.807) is 11.3 Å². The van der Waals surface area contributed by atoms with E-state index in [4.69, 9.17) is 4.98 Å². The van der Waals surface area contributed by atoms with Crippen LogP contribution in [0.3, 0.4) is 0 Å². The van der Waals surface area contributed by atoms with E-state index in [-0.39, 0.29) is 5.91 Å². The maximum Gasteiger partial charge on any atom is 0.260 e. The van der Waals surface area contributed by atoms with Crippen LogP contribution in [-0.2, 0) is 0 Å². The molecule has 5 heteroatoms. The highest BCUT2D eigenvalue weighted by Gasteiger charge is 2.21. The minimum absolute atomic E-state index is 0.0120. The molecule has 1 amide bonds. The Morgan fingerprint density at radius 1 is 0.963 bits per heavy atom. The first-order chi connectivity index (χ1) is 13.0. The van der Waals surface area contributed by atoms with Gasteiger partial charge in [0.1, 0.15) is 0 Å². The zero-order chi connectivity index (χ0) is 19.4. The first-order valence-electron chi connectivity index (χ1n) is 9.50. The van der Waals surface area contributed by atoms with Crippen LogP contribution in [0.2, 0.25) is 0 Å². The molecule has 142 valence electrons. The summed E-state index contributed by atoms with van der Waals surface area (Å²) < 4.78 is 1.12. The van der Waals surface area contributed by atoms with Crippen molar-refractivity contribution in [1.29, 1.82) is 0 Å². The van der Waals surface area contributed by atoms with Gasteiger partial charge in [-0.1, -0.05) is 48.9 Å². The van der Waals surface area contributed by atoms with Crippen LogP contribution in [0.25, 0.3) is 10.2 Å². The van der Waals surface area contributed by atoms with Gasteiger partial charge in [-0.2, -0.15) is 0 Å². The number of fused-ring (bicyclic) bond motifs is 1. The molecule has 0 saturated carbocycles. The van der Waals surface area contributed by atoms with Crippen LogP contribution in [0.5, 0.6) is 0 Å². The highest BCUT2D eigenvalue weighted by Crippen LogP contribution is 2.30. The van der Waals surface area contributed by atoms with Crippen LogP contribution >= 0.6 is 11.3 Å². The van der Waals surface area contributed by atoms with Gasteiger partial charge in [-0.15, -0.1) is 0 Å². The van der Waals surface area contributed by atoms with E-state index in [1.165, 1.54) is 5.56 Å². The summed E-state index contributed by atoms with van der Waals surface area (Å²) in [6.07, 6.45) is 0. The van der Waals surface area contributed by atoms with Crippen LogP contribution in [0, 0.1) is 13.8 Å². The average molecular weight is 382 g/mol. The molecule has 2 aromatic carbocycles. The number of aromatic nitrogens is 1. The summed E-state index contributed by atoms with van der Waals surface area (Å²) in [6.45, 7) is 11.8. The quantitative estimate of drug-likeness (QED) is 0.584. The lowest BCUT2D eigenvalue weighted by Gasteiger charge is -2.24. The standard InChI is InChI=1S/C22H27N3OS/c1-5-24(6-2)13-14-25(21(26)18-10-7-16(3)8-11-18)22-23-19-12-9-17(4)15-20(19)27-22/h7-12,15H,5-6,13-14H2,1-4H3. The molecule has 0 N–H and O–H groups in total. The molecule has 0 radical (unpaired) electrons. The lowest BCUT2D eigenvalue weighted by molar-refractivity contribution is 0.0984. The Bertz CT molecular complexity index is 913. The molecule has 0 unspecified atom stereocenters. The van der Waals surface area contributed by atoms with E-state index >= 15 is 0 Å². The number of carbonyl (C=O) groups excluding carboxylic acids is 1. The van der Waals surface area contributed by atoms with Gasteiger partial charge < -0.3 is 4.90 Å². The molecular formula is C22H27N3OS. The van der Waals surface area contributed by atoms with Crippen LogP contribution in [-0.4, -0.2) is 42.0 Å². The van der Waals surface area contributed by atoms with Crippen molar-refractivity contribution in [3.8, 4) is 0 Å². The summed E-state index contributed by atoms with van der Waals surface area (Å²) in [5, 5.41) is 0.772. The molecule has 0 bridgehead atoms. The van der Waals surface area contributed by atoms with Crippen molar-refractivity contribution in [2.75, 3.05) is 31.1 Å². The molecule has 0 saturated heterocycles. The van der Waals surface area contributed by atoms with Crippen molar-refractivity contribution in [3.63, 3.8) is 0 Å². The lowest BCUT2D eigenvalue weighted by Crippen LogP contribution is -2.38. The summed E-state index contributed by atoms with van der Waals surface area (Å²) in [7, 11) is 0. The number of anilines is 1. The molecule has 0 aliphatic heterocycles. The Hall–Kier alpha value is -2.24. The van der Waals surface area contributed by atoms with E-state index in [1.807, 2.05) is 42.2 Å². The summed E-state index contributed by atoms with van der Waals surface area (Å²) in [4.78, 5) is 22.2. The van der Waals surface area contributed by atoms with Crippen LogP contribution in [0.1, 0.15) is 35.3 Å². The third-order valence-corrected chi connectivity index (χ3v) is 5.88. The van der Waals surface area contributed by atoms with Gasteiger partial charge in [0.25, 0.3) is 5.91 Å². The molecule has 27 heavy (non-hydrogen) atoms. The number of aryl methyl sites for hydroxylation is 2. The number of carbonyl (C=O) groups is 1. The third-order valence-electron chi connectivity index (χ3n) is 4.84. The molecule has 1 heterocycles. The Morgan fingerprint density at radius 3 is 2.30 bits per heavy atom. The molecule has 1 aromatic heterocycles. The predicted octanol–water partition coefficient (Wildman–Crippen LogP) is 4.90. The summed E-state index contributed by atoms with van der Waals surface area (Å²) in [6, 6.07) is 14.0. The number of likely N-dealkylation sites (N-methyl/N-ethyl adjacent to an activating group) is 1. The van der Waals surface area contributed by atoms with Gasteiger partial charge in [0.2, 0.25) is 0 Å². The van der Waals surface area contributed by atoms with Crippen molar-refractivity contribution in [3.05, 3.63) is 59.2 Å². The van der Waals surface area contributed by atoms with E-state index in [2.05, 4.69) is 37.8 Å². The topological polar surface area (TPSA) is 36.4 Å². The minimum atomic E-state index is 0.0120. The monoisotopic (exact) mass is 381 g/mol. The molecule has 0 aliphatic rings. The minimum Gasteiger partial charge on any atom is -0.302 e. The first kappa shape index (κ1) is 19.5. The normalized spacial score (nSPS) is 11.3. The number of nitrogens with zero attached hydrogens (tertiary/aromatic N) is 3. The van der Waals surface area contributed by atoms with Crippen molar-refractivity contribution in [2.45, 2.75) is 27.7 Å². The molecule has 4 nitrogen and oxygen atoms in total. The second kappa shape index (κ2) is 8.63. The number of hydrogen-bond donors (Lipinski definition) is 0. The van der Waals surface area contributed by atoms with E-state index in [0.717, 1.165) is 40.5 Å². The SMILES string of the molecule is CCN(CC)CCN(C(=O)c1ccc(C)cc1)c1nc2ccc(C)cc2s1. The van der Waals surface area contributed by atoms with E-state index in [9.17, 15) is 4.79 Å². The van der Waals surface area contributed by atoms with Gasteiger partial charge in [0.05, 0.1) is 10.2 Å². The van der Waals surface area contributed by atoms with Gasteiger partial charge in [-0.3, -0.25) is 9.69 Å². The second-order valence-corrected chi connectivity index (χ2v) is 7.83. The number of amides is 1. The first-order valence-corrected chi connectivity index (χ1v) is 10.3. The highest BCUT2D eigenvalue weighted by molar-refractivity contribution is 7.22. The molecule has 0 atom stereocenters. The maximum absolute atomic E-state index is 13.3. The van der Waals surface area contributed by atoms with Crippen molar-refractivity contribution in [2.24, 2.45) is 0 Å². The maximum atomic E-state index is 13.3. The lowest BCUT2D eigenvalue weighted by atomic mass is 10.1. The number of rotatable bonds is 7. The Balaban J connectivity index is 1.94. The average Bonchev–Trinajstić information content (AvgIpc) is 3.08. The van der Waals surface area contributed by atoms with Crippen molar-refractivity contribution in [1.82, 2.24) is 9.88 Å². The van der Waals surface area contributed by atoms with E-state index < -0.39 is 0 Å². The molecule has 0 fully saturated rings. The molecule has 3 aromatic rings. The molecule has 0 aliphatic carbocycles. The van der Waals surface area contributed by atoms with Gasteiger partial charge in [-0.05, 0) is 56.8 Å².